The zero-order valence-electron chi connectivity index (χ0n) is 15.2. The predicted molar refractivity (Wildman–Crippen MR) is 114 cm³/mol. The van der Waals surface area contributed by atoms with Crippen LogP contribution in [-0.4, -0.2) is 47.5 Å². The average molecular weight is 433 g/mol. The summed E-state index contributed by atoms with van der Waals surface area (Å²) in [6.45, 7) is 0.461. The second kappa shape index (κ2) is 8.23. The van der Waals surface area contributed by atoms with Crippen molar-refractivity contribution in [1.29, 1.82) is 0 Å². The monoisotopic (exact) mass is 432 g/mol. The molecule has 0 saturated carbocycles. The smallest absolute Gasteiger partial charge is 0.233 e. The topological polar surface area (TPSA) is 67.3 Å². The summed E-state index contributed by atoms with van der Waals surface area (Å²) in [6.07, 6.45) is 0.512. The predicted octanol–water partition coefficient (Wildman–Crippen LogP) is 3.60. The lowest BCUT2D eigenvalue weighted by Gasteiger charge is -2.27. The Hall–Kier alpha value is -1.90. The van der Waals surface area contributed by atoms with E-state index in [1.165, 1.54) is 11.8 Å². The van der Waals surface area contributed by atoms with Gasteiger partial charge < -0.3 is 4.90 Å². The van der Waals surface area contributed by atoms with Crippen LogP contribution in [0.25, 0.3) is 10.9 Å². The van der Waals surface area contributed by atoms with E-state index in [1.54, 1.807) is 16.2 Å². The van der Waals surface area contributed by atoms with Crippen molar-refractivity contribution in [3.8, 4) is 0 Å². The van der Waals surface area contributed by atoms with Crippen LogP contribution in [-0.2, 0) is 21.2 Å². The van der Waals surface area contributed by atoms with E-state index >= 15 is 0 Å². The highest BCUT2D eigenvalue weighted by Crippen LogP contribution is 2.25. The highest BCUT2D eigenvalue weighted by atomic mass is 32.2. The Labute approximate surface area is 172 Å². The quantitative estimate of drug-likeness (QED) is 0.557. The van der Waals surface area contributed by atoms with E-state index in [2.05, 4.69) is 4.98 Å². The number of thioether (sulfide) groups is 1. The molecule has 1 aliphatic rings. The van der Waals surface area contributed by atoms with Gasteiger partial charge in [-0.3, -0.25) is 4.79 Å². The van der Waals surface area contributed by atoms with Gasteiger partial charge in [-0.05, 0) is 30.0 Å². The molecule has 1 aromatic carbocycles. The molecule has 0 spiro atoms. The highest BCUT2D eigenvalue weighted by Gasteiger charge is 2.34. The molecule has 3 aromatic rings. The van der Waals surface area contributed by atoms with Gasteiger partial charge >= 0.3 is 0 Å². The minimum Gasteiger partial charge on any atom is -0.333 e. The maximum Gasteiger partial charge on any atom is 0.233 e. The van der Waals surface area contributed by atoms with Gasteiger partial charge in [0.25, 0.3) is 0 Å². The Kier molecular flexibility index (Phi) is 5.70. The fraction of sp³-hybridized carbons (Fsp3) is 0.300. The summed E-state index contributed by atoms with van der Waals surface area (Å²) < 4.78 is 23.8. The van der Waals surface area contributed by atoms with Crippen molar-refractivity contribution in [2.24, 2.45) is 0 Å². The second-order valence-corrected chi connectivity index (χ2v) is 11.0. The van der Waals surface area contributed by atoms with Gasteiger partial charge in [0.2, 0.25) is 5.91 Å². The van der Waals surface area contributed by atoms with Crippen LogP contribution in [0.3, 0.4) is 0 Å². The molecule has 1 aliphatic heterocycles. The van der Waals surface area contributed by atoms with Crippen molar-refractivity contribution in [3.63, 3.8) is 0 Å². The van der Waals surface area contributed by atoms with E-state index in [-0.39, 0.29) is 29.2 Å². The Morgan fingerprint density at radius 1 is 1.18 bits per heavy atom. The summed E-state index contributed by atoms with van der Waals surface area (Å²) in [5.41, 5.74) is 0.900. The van der Waals surface area contributed by atoms with E-state index in [1.807, 2.05) is 53.9 Å². The van der Waals surface area contributed by atoms with Crippen molar-refractivity contribution in [1.82, 2.24) is 9.88 Å². The molecular formula is C20H20N2O3S3. The maximum atomic E-state index is 13.0. The lowest BCUT2D eigenvalue weighted by molar-refractivity contribution is -0.130. The first-order valence-electron chi connectivity index (χ1n) is 9.01. The van der Waals surface area contributed by atoms with Gasteiger partial charge in [0.15, 0.2) is 9.84 Å². The lowest BCUT2D eigenvalue weighted by Crippen LogP contribution is -2.41. The molecule has 1 fully saturated rings. The van der Waals surface area contributed by atoms with E-state index in [4.69, 9.17) is 0 Å². The number of thiophene rings is 1. The van der Waals surface area contributed by atoms with Crippen molar-refractivity contribution in [2.75, 3.05) is 17.3 Å². The number of aromatic nitrogens is 1. The number of rotatable bonds is 6. The Balaban J connectivity index is 1.48. The van der Waals surface area contributed by atoms with Gasteiger partial charge in [-0.25, -0.2) is 13.4 Å². The van der Waals surface area contributed by atoms with Crippen molar-refractivity contribution in [2.45, 2.75) is 24.0 Å². The number of fused-ring (bicyclic) bond motifs is 1. The van der Waals surface area contributed by atoms with Gasteiger partial charge in [0, 0.05) is 16.3 Å². The average Bonchev–Trinajstić information content (AvgIpc) is 3.33. The summed E-state index contributed by atoms with van der Waals surface area (Å²) in [7, 11) is -3.05. The summed E-state index contributed by atoms with van der Waals surface area (Å²) in [5.74, 6) is 0.414. The van der Waals surface area contributed by atoms with Crippen LogP contribution in [0.2, 0.25) is 0 Å². The highest BCUT2D eigenvalue weighted by molar-refractivity contribution is 7.99. The SMILES string of the molecule is O=C(CSc1ccc2ccccc2n1)N(Cc1cccs1)C1CCS(=O)(=O)C1. The summed E-state index contributed by atoms with van der Waals surface area (Å²) in [4.78, 5) is 20.4. The molecule has 4 rings (SSSR count). The van der Waals surface area contributed by atoms with Crippen molar-refractivity contribution in [3.05, 3.63) is 58.8 Å². The molecule has 3 heterocycles. The molecule has 1 saturated heterocycles. The van der Waals surface area contributed by atoms with E-state index in [0.717, 1.165) is 20.8 Å². The number of carbonyl (C=O) groups excluding carboxylic acids is 1. The summed E-state index contributed by atoms with van der Waals surface area (Å²) in [5, 5.41) is 3.83. The number of para-hydroxylation sites is 1. The van der Waals surface area contributed by atoms with Crippen LogP contribution in [0.1, 0.15) is 11.3 Å². The Bertz CT molecular complexity index is 1080. The first kappa shape index (κ1) is 19.4. The zero-order chi connectivity index (χ0) is 19.6. The molecule has 2 aromatic heterocycles. The fourth-order valence-corrected chi connectivity index (χ4v) is 6.56. The van der Waals surface area contributed by atoms with Crippen molar-refractivity contribution < 1.29 is 13.2 Å². The van der Waals surface area contributed by atoms with Gasteiger partial charge in [-0.2, -0.15) is 0 Å². The molecule has 28 heavy (non-hydrogen) atoms. The van der Waals surface area contributed by atoms with E-state index in [9.17, 15) is 13.2 Å². The number of benzene rings is 1. The molecule has 0 radical (unpaired) electrons. The van der Waals surface area contributed by atoms with Gasteiger partial charge in [0.05, 0.1) is 34.3 Å². The van der Waals surface area contributed by atoms with Gasteiger partial charge in [0.1, 0.15) is 0 Å². The molecular weight excluding hydrogens is 412 g/mol. The van der Waals surface area contributed by atoms with Gasteiger partial charge in [-0.15, -0.1) is 11.3 Å². The van der Waals surface area contributed by atoms with Crippen LogP contribution in [0.5, 0.6) is 0 Å². The molecule has 8 heteroatoms. The minimum absolute atomic E-state index is 0.0459. The number of amides is 1. The molecule has 0 aliphatic carbocycles. The van der Waals surface area contributed by atoms with Crippen LogP contribution >= 0.6 is 23.1 Å². The Morgan fingerprint density at radius 2 is 2.04 bits per heavy atom. The number of carbonyl (C=O) groups is 1. The third-order valence-corrected chi connectivity index (χ3v) is 8.32. The molecule has 1 amide bonds. The first-order chi connectivity index (χ1) is 13.5. The molecule has 5 nitrogen and oxygen atoms in total. The third kappa shape index (κ3) is 4.56. The second-order valence-electron chi connectivity index (χ2n) is 6.79. The van der Waals surface area contributed by atoms with E-state index < -0.39 is 9.84 Å². The number of pyridine rings is 1. The molecule has 1 unspecified atom stereocenters. The standard InChI is InChI=1S/C20H20N2O3S3/c23-20(13-27-19-8-7-15-4-1-2-6-18(15)21-19)22(12-17-5-3-10-26-17)16-9-11-28(24,25)14-16/h1-8,10,16H,9,11-14H2. The third-order valence-electron chi connectivity index (χ3n) is 4.79. The maximum absolute atomic E-state index is 13.0. The van der Waals surface area contributed by atoms with E-state index in [0.29, 0.717) is 13.0 Å². The zero-order valence-corrected chi connectivity index (χ0v) is 17.6. The van der Waals surface area contributed by atoms with Crippen LogP contribution < -0.4 is 0 Å². The summed E-state index contributed by atoms with van der Waals surface area (Å²) >= 11 is 2.98. The van der Waals surface area contributed by atoms with Crippen LogP contribution in [0, 0.1) is 0 Å². The number of sulfone groups is 1. The molecule has 1 atom stereocenters. The number of hydrogen-bond donors (Lipinski definition) is 0. The molecule has 0 bridgehead atoms. The normalized spacial score (nSPS) is 18.4. The minimum atomic E-state index is -3.05. The largest absolute Gasteiger partial charge is 0.333 e. The molecule has 146 valence electrons. The summed E-state index contributed by atoms with van der Waals surface area (Å²) in [6, 6.07) is 15.5. The number of nitrogens with zero attached hydrogens (tertiary/aromatic N) is 2. The van der Waals surface area contributed by atoms with Crippen LogP contribution in [0.4, 0.5) is 0 Å². The van der Waals surface area contributed by atoms with Crippen molar-refractivity contribution >= 4 is 49.7 Å². The lowest BCUT2D eigenvalue weighted by atomic mass is 10.2. The Morgan fingerprint density at radius 3 is 2.79 bits per heavy atom. The molecule has 0 N–H and O–H groups in total. The van der Waals surface area contributed by atoms with Gasteiger partial charge in [-0.1, -0.05) is 42.1 Å². The fourth-order valence-electron chi connectivity index (χ4n) is 3.36. The van der Waals surface area contributed by atoms with Crippen LogP contribution in [0.15, 0.2) is 58.9 Å². The first-order valence-corrected chi connectivity index (χ1v) is 12.7. The number of hydrogen-bond acceptors (Lipinski definition) is 6.